The van der Waals surface area contributed by atoms with Gasteiger partial charge >= 0.3 is 0 Å². The Morgan fingerprint density at radius 1 is 1.16 bits per heavy atom. The molecule has 0 aromatic heterocycles. The molecule has 6 heteroatoms. The number of rotatable bonds is 4. The standard InChI is InChI=1S/C19H19N3O3/c1-13-8-10-16(11-9-13)25-14(2)19(24)20-17-12-18(23)22(21-17)15-6-4-3-5-7-15/h3-11,14H,12H2,1-2H3,(H,20,21,24). The first-order chi connectivity index (χ1) is 12.0. The van der Waals surface area contributed by atoms with Crippen molar-refractivity contribution in [2.75, 3.05) is 5.01 Å². The van der Waals surface area contributed by atoms with Gasteiger partial charge in [-0.05, 0) is 38.1 Å². The van der Waals surface area contributed by atoms with Gasteiger partial charge in [-0.25, -0.2) is 0 Å². The number of hydrogen-bond donors (Lipinski definition) is 1. The van der Waals surface area contributed by atoms with Crippen molar-refractivity contribution >= 4 is 23.3 Å². The maximum Gasteiger partial charge on any atom is 0.266 e. The van der Waals surface area contributed by atoms with Crippen LogP contribution in [0.3, 0.4) is 0 Å². The number of hydrazone groups is 1. The zero-order valence-electron chi connectivity index (χ0n) is 14.1. The Hall–Kier alpha value is -3.15. The van der Waals surface area contributed by atoms with E-state index < -0.39 is 6.10 Å². The van der Waals surface area contributed by atoms with Gasteiger partial charge in [0.2, 0.25) is 0 Å². The van der Waals surface area contributed by atoms with Gasteiger partial charge in [-0.2, -0.15) is 10.1 Å². The normalized spacial score (nSPS) is 14.9. The molecule has 0 aliphatic carbocycles. The molecule has 1 atom stereocenters. The van der Waals surface area contributed by atoms with Gasteiger partial charge in [-0.15, -0.1) is 0 Å². The van der Waals surface area contributed by atoms with E-state index in [1.807, 2.05) is 49.4 Å². The van der Waals surface area contributed by atoms with Crippen molar-refractivity contribution in [1.29, 1.82) is 0 Å². The predicted molar refractivity (Wildman–Crippen MR) is 95.4 cm³/mol. The van der Waals surface area contributed by atoms with E-state index in [0.717, 1.165) is 5.56 Å². The Labute approximate surface area is 146 Å². The van der Waals surface area contributed by atoms with Crippen LogP contribution in [0.4, 0.5) is 5.69 Å². The summed E-state index contributed by atoms with van der Waals surface area (Å²) in [5, 5.41) is 8.15. The molecule has 0 saturated heterocycles. The van der Waals surface area contributed by atoms with Crippen LogP contribution in [0.2, 0.25) is 0 Å². The molecule has 0 spiro atoms. The summed E-state index contributed by atoms with van der Waals surface area (Å²) in [5.74, 6) is 0.400. The van der Waals surface area contributed by atoms with Crippen LogP contribution in [0, 0.1) is 6.92 Å². The highest BCUT2D eigenvalue weighted by Crippen LogP contribution is 2.19. The van der Waals surface area contributed by atoms with Crippen LogP contribution in [0.25, 0.3) is 0 Å². The Bertz CT molecular complexity index is 800. The van der Waals surface area contributed by atoms with Gasteiger partial charge in [0.15, 0.2) is 6.10 Å². The first-order valence-electron chi connectivity index (χ1n) is 8.02. The van der Waals surface area contributed by atoms with Gasteiger partial charge in [0, 0.05) is 0 Å². The molecule has 1 aliphatic heterocycles. The van der Waals surface area contributed by atoms with Crippen molar-refractivity contribution in [3.05, 3.63) is 60.2 Å². The van der Waals surface area contributed by atoms with Gasteiger partial charge in [-0.3, -0.25) is 9.59 Å². The van der Waals surface area contributed by atoms with Crippen molar-refractivity contribution in [2.45, 2.75) is 26.4 Å². The van der Waals surface area contributed by atoms with E-state index in [4.69, 9.17) is 4.74 Å². The summed E-state index contributed by atoms with van der Waals surface area (Å²) in [6.07, 6.45) is -0.649. The van der Waals surface area contributed by atoms with Crippen molar-refractivity contribution in [2.24, 2.45) is 5.10 Å². The van der Waals surface area contributed by atoms with Crippen molar-refractivity contribution in [3.63, 3.8) is 0 Å². The summed E-state index contributed by atoms with van der Waals surface area (Å²) < 4.78 is 5.61. The van der Waals surface area contributed by atoms with Gasteiger partial charge in [0.05, 0.1) is 12.1 Å². The van der Waals surface area contributed by atoms with Crippen LogP contribution >= 0.6 is 0 Å². The van der Waals surface area contributed by atoms with E-state index in [9.17, 15) is 9.59 Å². The zero-order chi connectivity index (χ0) is 17.8. The maximum atomic E-state index is 12.3. The Balaban J connectivity index is 1.62. The van der Waals surface area contributed by atoms with E-state index in [0.29, 0.717) is 17.3 Å². The lowest BCUT2D eigenvalue weighted by molar-refractivity contribution is -0.125. The molecule has 2 aromatic rings. The molecule has 6 nitrogen and oxygen atoms in total. The van der Waals surface area contributed by atoms with Crippen molar-refractivity contribution in [3.8, 4) is 5.75 Å². The van der Waals surface area contributed by atoms with Crippen molar-refractivity contribution < 1.29 is 14.3 Å². The van der Waals surface area contributed by atoms with Gasteiger partial charge < -0.3 is 10.1 Å². The third-order valence-electron chi connectivity index (χ3n) is 3.75. The van der Waals surface area contributed by atoms with Crippen LogP contribution in [-0.2, 0) is 9.59 Å². The number of aryl methyl sites for hydroxylation is 1. The number of ether oxygens (including phenoxy) is 1. The topological polar surface area (TPSA) is 71.0 Å². The molecular formula is C19H19N3O3. The molecule has 1 aliphatic rings. The predicted octanol–water partition coefficient (Wildman–Crippen LogP) is 2.63. The Kier molecular flexibility index (Phi) is 4.79. The van der Waals surface area contributed by atoms with Crippen molar-refractivity contribution in [1.82, 2.24) is 5.32 Å². The summed E-state index contributed by atoms with van der Waals surface area (Å²) >= 11 is 0. The first kappa shape index (κ1) is 16.7. The Morgan fingerprint density at radius 3 is 2.52 bits per heavy atom. The van der Waals surface area contributed by atoms with Gasteiger partial charge in [-0.1, -0.05) is 35.9 Å². The quantitative estimate of drug-likeness (QED) is 0.932. The molecule has 0 saturated carbocycles. The summed E-state index contributed by atoms with van der Waals surface area (Å²) in [7, 11) is 0. The molecule has 0 radical (unpaired) electrons. The molecule has 1 N–H and O–H groups in total. The molecule has 25 heavy (non-hydrogen) atoms. The minimum atomic E-state index is -0.703. The summed E-state index contributed by atoms with van der Waals surface area (Å²) in [6.45, 7) is 3.63. The van der Waals surface area contributed by atoms with E-state index in [1.165, 1.54) is 5.01 Å². The van der Waals surface area contributed by atoms with Crippen LogP contribution in [0.5, 0.6) is 5.75 Å². The fourth-order valence-electron chi connectivity index (χ4n) is 2.39. The summed E-state index contributed by atoms with van der Waals surface area (Å²) in [6, 6.07) is 16.5. The summed E-state index contributed by atoms with van der Waals surface area (Å²) in [4.78, 5) is 24.4. The number of nitrogens with one attached hydrogen (secondary N) is 1. The number of amides is 2. The molecule has 3 rings (SSSR count). The average Bonchev–Trinajstić information content (AvgIpc) is 2.98. The SMILES string of the molecule is Cc1ccc(OC(C)C(=O)NC2=NN(c3ccccc3)C(=O)C2)cc1. The number of hydrogen-bond acceptors (Lipinski definition) is 4. The highest BCUT2D eigenvalue weighted by molar-refractivity contribution is 6.16. The fraction of sp³-hybridized carbons (Fsp3) is 0.211. The summed E-state index contributed by atoms with van der Waals surface area (Å²) in [5.41, 5.74) is 1.78. The molecule has 2 amide bonds. The monoisotopic (exact) mass is 337 g/mol. The second kappa shape index (κ2) is 7.17. The smallest absolute Gasteiger partial charge is 0.266 e. The number of para-hydroxylation sites is 1. The molecule has 2 aromatic carbocycles. The lowest BCUT2D eigenvalue weighted by Gasteiger charge is -2.14. The number of nitrogens with zero attached hydrogens (tertiary/aromatic N) is 2. The Morgan fingerprint density at radius 2 is 1.84 bits per heavy atom. The molecule has 128 valence electrons. The lowest BCUT2D eigenvalue weighted by Crippen LogP contribution is -2.39. The average molecular weight is 337 g/mol. The zero-order valence-corrected chi connectivity index (χ0v) is 14.1. The number of anilines is 1. The van der Waals surface area contributed by atoms with E-state index in [-0.39, 0.29) is 18.2 Å². The number of carbonyl (C=O) groups excluding carboxylic acids is 2. The van der Waals surface area contributed by atoms with E-state index in [2.05, 4.69) is 10.4 Å². The minimum Gasteiger partial charge on any atom is -0.481 e. The van der Waals surface area contributed by atoms with Gasteiger partial charge in [0.1, 0.15) is 11.6 Å². The maximum absolute atomic E-state index is 12.3. The second-order valence-electron chi connectivity index (χ2n) is 5.83. The third kappa shape index (κ3) is 4.03. The largest absolute Gasteiger partial charge is 0.481 e. The number of carbonyl (C=O) groups is 2. The number of benzene rings is 2. The molecule has 1 unspecified atom stereocenters. The van der Waals surface area contributed by atoms with Crippen LogP contribution < -0.4 is 15.1 Å². The fourth-order valence-corrected chi connectivity index (χ4v) is 2.39. The first-order valence-corrected chi connectivity index (χ1v) is 8.02. The molecular weight excluding hydrogens is 318 g/mol. The minimum absolute atomic E-state index is 0.0535. The second-order valence-corrected chi connectivity index (χ2v) is 5.83. The van der Waals surface area contributed by atoms with E-state index >= 15 is 0 Å². The molecule has 0 bridgehead atoms. The van der Waals surface area contributed by atoms with Crippen LogP contribution in [0.15, 0.2) is 59.7 Å². The highest BCUT2D eigenvalue weighted by Gasteiger charge is 2.27. The molecule has 0 fully saturated rings. The number of amidine groups is 1. The third-order valence-corrected chi connectivity index (χ3v) is 3.75. The van der Waals surface area contributed by atoms with E-state index in [1.54, 1.807) is 19.1 Å². The van der Waals surface area contributed by atoms with Gasteiger partial charge in [0.25, 0.3) is 11.8 Å². The lowest BCUT2D eigenvalue weighted by atomic mass is 10.2. The van der Waals surface area contributed by atoms with Crippen LogP contribution in [-0.4, -0.2) is 23.8 Å². The highest BCUT2D eigenvalue weighted by atomic mass is 16.5. The van der Waals surface area contributed by atoms with Crippen LogP contribution in [0.1, 0.15) is 18.9 Å². The molecule has 1 heterocycles.